The number of methoxy groups -OCH3 is 1. The number of carbonyl (C=O) groups excluding carboxylic acids is 1. The quantitative estimate of drug-likeness (QED) is 0.647. The Morgan fingerprint density at radius 3 is 2.65 bits per heavy atom. The van der Waals surface area contributed by atoms with Gasteiger partial charge in [-0.15, -0.1) is 6.58 Å². The van der Waals surface area contributed by atoms with E-state index >= 15 is 0 Å². The van der Waals surface area contributed by atoms with Gasteiger partial charge in [0, 0.05) is 17.7 Å². The maximum atomic E-state index is 12.1. The monoisotopic (exact) mass is 347 g/mol. The molecule has 0 aromatic heterocycles. The lowest BCUT2D eigenvalue weighted by Crippen LogP contribution is -2.23. The molecule has 0 radical (unpaired) electrons. The van der Waals surface area contributed by atoms with E-state index in [1.165, 1.54) is 5.39 Å². The molecular formula is C22H21NO3. The summed E-state index contributed by atoms with van der Waals surface area (Å²) in [4.78, 5) is 12.1. The number of nitrogens with one attached hydrogen (secondary N) is 1. The number of rotatable bonds is 7. The van der Waals surface area contributed by atoms with Gasteiger partial charge in [0.15, 0.2) is 0 Å². The maximum absolute atomic E-state index is 12.1. The highest BCUT2D eigenvalue weighted by Crippen LogP contribution is 2.24. The van der Waals surface area contributed by atoms with E-state index < -0.39 is 0 Å². The Kier molecular flexibility index (Phi) is 5.54. The second-order valence-corrected chi connectivity index (χ2v) is 5.82. The van der Waals surface area contributed by atoms with E-state index in [0.29, 0.717) is 24.5 Å². The predicted octanol–water partition coefficient (Wildman–Crippen LogP) is 4.34. The minimum absolute atomic E-state index is 0.153. The molecule has 0 aliphatic carbocycles. The van der Waals surface area contributed by atoms with Crippen molar-refractivity contribution in [2.24, 2.45) is 0 Å². The Morgan fingerprint density at radius 2 is 1.88 bits per heavy atom. The van der Waals surface area contributed by atoms with Crippen LogP contribution in [0.1, 0.15) is 15.9 Å². The lowest BCUT2D eigenvalue weighted by Gasteiger charge is -2.12. The van der Waals surface area contributed by atoms with Crippen molar-refractivity contribution in [3.05, 3.63) is 84.4 Å². The van der Waals surface area contributed by atoms with Crippen molar-refractivity contribution >= 4 is 16.7 Å². The predicted molar refractivity (Wildman–Crippen MR) is 104 cm³/mol. The zero-order valence-electron chi connectivity index (χ0n) is 14.7. The van der Waals surface area contributed by atoms with E-state index in [1.807, 2.05) is 36.4 Å². The van der Waals surface area contributed by atoms with Gasteiger partial charge in [-0.05, 0) is 41.1 Å². The van der Waals surface area contributed by atoms with Crippen molar-refractivity contribution in [3.8, 4) is 11.5 Å². The van der Waals surface area contributed by atoms with Crippen LogP contribution in [-0.2, 0) is 6.61 Å². The fourth-order valence-corrected chi connectivity index (χ4v) is 2.72. The molecule has 0 spiro atoms. The Balaban J connectivity index is 1.78. The van der Waals surface area contributed by atoms with Crippen molar-refractivity contribution in [2.75, 3.05) is 13.7 Å². The van der Waals surface area contributed by atoms with E-state index in [0.717, 1.165) is 16.7 Å². The molecule has 26 heavy (non-hydrogen) atoms. The molecule has 0 unspecified atom stereocenters. The van der Waals surface area contributed by atoms with Gasteiger partial charge < -0.3 is 14.8 Å². The Morgan fingerprint density at radius 1 is 1.08 bits per heavy atom. The van der Waals surface area contributed by atoms with Crippen LogP contribution < -0.4 is 14.8 Å². The molecular weight excluding hydrogens is 326 g/mol. The average Bonchev–Trinajstić information content (AvgIpc) is 2.70. The normalized spacial score (nSPS) is 10.3. The van der Waals surface area contributed by atoms with Crippen molar-refractivity contribution in [1.29, 1.82) is 0 Å². The fraction of sp³-hybridized carbons (Fsp3) is 0.136. The highest BCUT2D eigenvalue weighted by molar-refractivity contribution is 5.94. The first kappa shape index (κ1) is 17.5. The summed E-state index contributed by atoms with van der Waals surface area (Å²) >= 11 is 0. The molecule has 3 aromatic rings. The molecule has 0 bridgehead atoms. The molecule has 0 aliphatic heterocycles. The standard InChI is InChI=1S/C22H21NO3/c1-3-12-23-22(24)18-9-11-21(25-2)19(13-18)15-26-20-10-8-16-6-4-5-7-17(16)14-20/h3-11,13-14H,1,12,15H2,2H3,(H,23,24). The molecule has 0 saturated heterocycles. The van der Waals surface area contributed by atoms with Crippen molar-refractivity contribution in [3.63, 3.8) is 0 Å². The lowest BCUT2D eigenvalue weighted by molar-refractivity contribution is 0.0958. The van der Waals surface area contributed by atoms with E-state index in [1.54, 1.807) is 31.4 Å². The first-order valence-corrected chi connectivity index (χ1v) is 8.39. The van der Waals surface area contributed by atoms with Crippen LogP contribution >= 0.6 is 0 Å². The van der Waals surface area contributed by atoms with Gasteiger partial charge in [0.25, 0.3) is 5.91 Å². The van der Waals surface area contributed by atoms with Gasteiger partial charge in [-0.2, -0.15) is 0 Å². The molecule has 4 nitrogen and oxygen atoms in total. The summed E-state index contributed by atoms with van der Waals surface area (Å²) < 4.78 is 11.3. The van der Waals surface area contributed by atoms with Crippen LogP contribution in [0.15, 0.2) is 73.3 Å². The zero-order valence-corrected chi connectivity index (χ0v) is 14.7. The van der Waals surface area contributed by atoms with E-state index in [2.05, 4.69) is 18.0 Å². The molecule has 1 N–H and O–H groups in total. The second-order valence-electron chi connectivity index (χ2n) is 5.82. The number of ether oxygens (including phenoxy) is 2. The van der Waals surface area contributed by atoms with Gasteiger partial charge in [0.05, 0.1) is 7.11 Å². The smallest absolute Gasteiger partial charge is 0.251 e. The van der Waals surface area contributed by atoms with Crippen molar-refractivity contribution in [2.45, 2.75) is 6.61 Å². The number of carbonyl (C=O) groups is 1. The molecule has 0 heterocycles. The second kappa shape index (κ2) is 8.21. The number of fused-ring (bicyclic) bond motifs is 1. The third kappa shape index (κ3) is 4.03. The van der Waals surface area contributed by atoms with Gasteiger partial charge in [-0.1, -0.05) is 36.4 Å². The Labute approximate surface area is 153 Å². The van der Waals surface area contributed by atoms with E-state index in [4.69, 9.17) is 9.47 Å². The molecule has 0 atom stereocenters. The topological polar surface area (TPSA) is 47.6 Å². The van der Waals surface area contributed by atoms with Crippen LogP contribution in [0.5, 0.6) is 11.5 Å². The van der Waals surface area contributed by atoms with Gasteiger partial charge in [0.1, 0.15) is 18.1 Å². The van der Waals surface area contributed by atoms with Crippen molar-refractivity contribution < 1.29 is 14.3 Å². The van der Waals surface area contributed by atoms with Crippen LogP contribution in [0.3, 0.4) is 0 Å². The van der Waals surface area contributed by atoms with Gasteiger partial charge >= 0.3 is 0 Å². The minimum Gasteiger partial charge on any atom is -0.496 e. The van der Waals surface area contributed by atoms with Crippen molar-refractivity contribution in [1.82, 2.24) is 5.32 Å². The van der Waals surface area contributed by atoms with Crippen LogP contribution in [-0.4, -0.2) is 19.6 Å². The highest BCUT2D eigenvalue weighted by Gasteiger charge is 2.10. The summed E-state index contributed by atoms with van der Waals surface area (Å²) in [6.45, 7) is 4.34. The van der Waals surface area contributed by atoms with Gasteiger partial charge in [-0.3, -0.25) is 4.79 Å². The summed E-state index contributed by atoms with van der Waals surface area (Å²) in [5.41, 5.74) is 1.37. The molecule has 0 fully saturated rings. The minimum atomic E-state index is -0.153. The van der Waals surface area contributed by atoms with Crippen LogP contribution in [0.25, 0.3) is 10.8 Å². The lowest BCUT2D eigenvalue weighted by atomic mass is 10.1. The van der Waals surface area contributed by atoms with Crippen LogP contribution in [0, 0.1) is 0 Å². The molecule has 4 heteroatoms. The summed E-state index contributed by atoms with van der Waals surface area (Å²) in [6.07, 6.45) is 1.64. The number of amides is 1. The zero-order chi connectivity index (χ0) is 18.4. The largest absolute Gasteiger partial charge is 0.496 e. The fourth-order valence-electron chi connectivity index (χ4n) is 2.72. The first-order chi connectivity index (χ1) is 12.7. The highest BCUT2D eigenvalue weighted by atomic mass is 16.5. The molecule has 0 aliphatic rings. The van der Waals surface area contributed by atoms with E-state index in [-0.39, 0.29) is 5.91 Å². The van der Waals surface area contributed by atoms with E-state index in [9.17, 15) is 4.79 Å². The van der Waals surface area contributed by atoms with Gasteiger partial charge in [-0.25, -0.2) is 0 Å². The SMILES string of the molecule is C=CCNC(=O)c1ccc(OC)c(COc2ccc3ccccc3c2)c1. The Hall–Kier alpha value is -3.27. The summed E-state index contributed by atoms with van der Waals surface area (Å²) in [7, 11) is 1.60. The number of benzene rings is 3. The molecule has 0 saturated carbocycles. The first-order valence-electron chi connectivity index (χ1n) is 8.39. The average molecular weight is 347 g/mol. The summed E-state index contributed by atoms with van der Waals surface area (Å²) in [6, 6.07) is 19.4. The molecule has 132 valence electrons. The Bertz CT molecular complexity index is 934. The van der Waals surface area contributed by atoms with Crippen LogP contribution in [0.2, 0.25) is 0 Å². The molecule has 3 aromatic carbocycles. The third-order valence-electron chi connectivity index (χ3n) is 4.06. The number of hydrogen-bond acceptors (Lipinski definition) is 3. The summed E-state index contributed by atoms with van der Waals surface area (Å²) in [5, 5.41) is 5.05. The maximum Gasteiger partial charge on any atom is 0.251 e. The summed E-state index contributed by atoms with van der Waals surface area (Å²) in [5.74, 6) is 1.30. The third-order valence-corrected chi connectivity index (χ3v) is 4.06. The number of hydrogen-bond donors (Lipinski definition) is 1. The molecule has 3 rings (SSSR count). The van der Waals surface area contributed by atoms with Crippen LogP contribution in [0.4, 0.5) is 0 Å². The van der Waals surface area contributed by atoms with Gasteiger partial charge in [0.2, 0.25) is 0 Å². The molecule has 1 amide bonds.